The molecule has 2 aromatic carbocycles. The molecule has 1 heterocycles. The van der Waals surface area contributed by atoms with E-state index in [2.05, 4.69) is 5.10 Å². The summed E-state index contributed by atoms with van der Waals surface area (Å²) in [6.07, 6.45) is 0. The van der Waals surface area contributed by atoms with E-state index in [4.69, 9.17) is 16.6 Å². The van der Waals surface area contributed by atoms with Crippen LogP contribution in [-0.4, -0.2) is 21.7 Å². The number of benzene rings is 2. The molecule has 0 amide bonds. The van der Waals surface area contributed by atoms with E-state index in [0.29, 0.717) is 13.2 Å². The first kappa shape index (κ1) is 16.5. The van der Waals surface area contributed by atoms with Gasteiger partial charge in [0.1, 0.15) is 11.6 Å². The summed E-state index contributed by atoms with van der Waals surface area (Å²) in [5, 5.41) is 4.24. The summed E-state index contributed by atoms with van der Waals surface area (Å²) in [6.45, 7) is 0.956. The van der Waals surface area contributed by atoms with Crippen LogP contribution in [0.3, 0.4) is 0 Å². The maximum Gasteiger partial charge on any atom is 0.288 e. The Morgan fingerprint density at radius 3 is 2.54 bits per heavy atom. The van der Waals surface area contributed by atoms with E-state index in [1.807, 2.05) is 11.9 Å². The third kappa shape index (κ3) is 3.74. The van der Waals surface area contributed by atoms with Crippen LogP contribution < -0.4 is 0 Å². The summed E-state index contributed by atoms with van der Waals surface area (Å²) in [5.41, 5.74) is 1.23. The molecule has 0 spiro atoms. The Kier molecular flexibility index (Phi) is 4.82. The summed E-state index contributed by atoms with van der Waals surface area (Å²) in [6, 6.07) is 12.5. The molecule has 0 aliphatic heterocycles. The zero-order valence-electron chi connectivity index (χ0n) is 12.9. The van der Waals surface area contributed by atoms with Gasteiger partial charge in [0.25, 0.3) is 4.84 Å². The lowest BCUT2D eigenvalue weighted by Crippen LogP contribution is -2.22. The van der Waals surface area contributed by atoms with Crippen LogP contribution >= 0.6 is 12.2 Å². The van der Waals surface area contributed by atoms with E-state index >= 15 is 0 Å². The summed E-state index contributed by atoms with van der Waals surface area (Å²) < 4.78 is 33.6. The van der Waals surface area contributed by atoms with Crippen LogP contribution in [0, 0.1) is 16.5 Å². The molecular formula is C17H15F2N3OS. The number of hydrogen-bond acceptors (Lipinski definition) is 4. The van der Waals surface area contributed by atoms with E-state index in [1.165, 1.54) is 22.9 Å². The molecule has 4 nitrogen and oxygen atoms in total. The van der Waals surface area contributed by atoms with Crippen LogP contribution in [-0.2, 0) is 13.2 Å². The first-order valence-corrected chi connectivity index (χ1v) is 7.69. The van der Waals surface area contributed by atoms with Crippen LogP contribution in [0.1, 0.15) is 5.56 Å². The zero-order chi connectivity index (χ0) is 17.1. The van der Waals surface area contributed by atoms with E-state index in [1.54, 1.807) is 30.3 Å². The first-order chi connectivity index (χ1) is 11.5. The second-order valence-electron chi connectivity index (χ2n) is 5.43. The van der Waals surface area contributed by atoms with Crippen molar-refractivity contribution in [1.29, 1.82) is 0 Å². The molecule has 3 aromatic rings. The molecule has 24 heavy (non-hydrogen) atoms. The fraction of sp³-hybridized carbons (Fsp3) is 0.176. The van der Waals surface area contributed by atoms with Gasteiger partial charge < -0.3 is 4.42 Å². The normalized spacial score (nSPS) is 11.2. The van der Waals surface area contributed by atoms with Gasteiger partial charge in [-0.25, -0.2) is 13.5 Å². The van der Waals surface area contributed by atoms with Crippen LogP contribution in [0.2, 0.25) is 0 Å². The number of nitrogens with zero attached hydrogens (tertiary/aromatic N) is 3. The smallest absolute Gasteiger partial charge is 0.288 e. The molecule has 0 N–H and O–H groups in total. The zero-order valence-corrected chi connectivity index (χ0v) is 13.8. The molecular weight excluding hydrogens is 332 g/mol. The van der Waals surface area contributed by atoms with E-state index < -0.39 is 5.82 Å². The van der Waals surface area contributed by atoms with Crippen molar-refractivity contribution in [1.82, 2.24) is 14.7 Å². The molecule has 0 aliphatic carbocycles. The minimum absolute atomic E-state index is 0.147. The van der Waals surface area contributed by atoms with Crippen molar-refractivity contribution in [3.05, 3.63) is 70.6 Å². The fourth-order valence-corrected chi connectivity index (χ4v) is 2.50. The van der Waals surface area contributed by atoms with Gasteiger partial charge in [0, 0.05) is 6.54 Å². The molecule has 0 aliphatic rings. The van der Waals surface area contributed by atoms with Crippen LogP contribution in [0.5, 0.6) is 0 Å². The summed E-state index contributed by atoms with van der Waals surface area (Å²) >= 11 is 5.15. The van der Waals surface area contributed by atoms with Crippen LogP contribution in [0.25, 0.3) is 11.5 Å². The second kappa shape index (κ2) is 7.02. The van der Waals surface area contributed by atoms with Crippen molar-refractivity contribution in [2.24, 2.45) is 0 Å². The van der Waals surface area contributed by atoms with Crippen molar-refractivity contribution in [3.8, 4) is 11.5 Å². The minimum atomic E-state index is -0.416. The number of halogens is 2. The molecule has 7 heteroatoms. The topological polar surface area (TPSA) is 34.2 Å². The summed E-state index contributed by atoms with van der Waals surface area (Å²) in [5.74, 6) is -0.538. The predicted molar refractivity (Wildman–Crippen MR) is 88.6 cm³/mol. The molecule has 0 bridgehead atoms. The number of aromatic nitrogens is 2. The first-order valence-electron chi connectivity index (χ1n) is 7.29. The Labute approximate surface area is 143 Å². The van der Waals surface area contributed by atoms with Gasteiger partial charge in [-0.2, -0.15) is 0 Å². The molecule has 0 radical (unpaired) electrons. The molecule has 0 fully saturated rings. The lowest BCUT2D eigenvalue weighted by Gasteiger charge is -2.15. The van der Waals surface area contributed by atoms with Crippen molar-refractivity contribution in [3.63, 3.8) is 0 Å². The number of hydrogen-bond donors (Lipinski definition) is 0. The van der Waals surface area contributed by atoms with Gasteiger partial charge in [-0.05, 0) is 49.1 Å². The van der Waals surface area contributed by atoms with Crippen molar-refractivity contribution in [2.75, 3.05) is 7.05 Å². The van der Waals surface area contributed by atoms with Crippen molar-refractivity contribution >= 4 is 12.2 Å². The molecule has 1 aromatic heterocycles. The maximum atomic E-state index is 13.8. The van der Waals surface area contributed by atoms with Gasteiger partial charge in [0.15, 0.2) is 0 Å². The van der Waals surface area contributed by atoms with Gasteiger partial charge in [-0.1, -0.05) is 24.3 Å². The molecule has 0 saturated carbocycles. The Bertz CT molecular complexity index is 889. The van der Waals surface area contributed by atoms with Gasteiger partial charge in [-0.3, -0.25) is 4.90 Å². The Morgan fingerprint density at radius 1 is 1.12 bits per heavy atom. The number of rotatable bonds is 5. The highest BCUT2D eigenvalue weighted by Crippen LogP contribution is 2.21. The Balaban J connectivity index is 1.75. The van der Waals surface area contributed by atoms with E-state index in [0.717, 1.165) is 5.56 Å². The predicted octanol–water partition coefficient (Wildman–Crippen LogP) is 4.24. The van der Waals surface area contributed by atoms with Crippen molar-refractivity contribution < 1.29 is 13.2 Å². The van der Waals surface area contributed by atoms with Crippen LogP contribution in [0.15, 0.2) is 52.9 Å². The average molecular weight is 347 g/mol. The molecule has 124 valence electrons. The minimum Gasteiger partial charge on any atom is -0.409 e. The Morgan fingerprint density at radius 2 is 1.83 bits per heavy atom. The highest BCUT2D eigenvalue weighted by Gasteiger charge is 2.13. The van der Waals surface area contributed by atoms with E-state index in [-0.39, 0.29) is 22.1 Å². The van der Waals surface area contributed by atoms with Crippen molar-refractivity contribution in [2.45, 2.75) is 13.2 Å². The quantitative estimate of drug-likeness (QED) is 0.647. The molecule has 3 rings (SSSR count). The molecule has 0 saturated heterocycles. The summed E-state index contributed by atoms with van der Waals surface area (Å²) in [4.78, 5) is 2.11. The van der Waals surface area contributed by atoms with Gasteiger partial charge in [0.05, 0.1) is 12.2 Å². The SMILES string of the molecule is CN(Cc1ccc(F)cc1)Cn1nc(-c2ccccc2F)oc1=S. The maximum absolute atomic E-state index is 13.8. The molecule has 0 atom stereocenters. The van der Waals surface area contributed by atoms with E-state index in [9.17, 15) is 8.78 Å². The monoisotopic (exact) mass is 347 g/mol. The fourth-order valence-electron chi connectivity index (χ4n) is 2.32. The van der Waals surface area contributed by atoms with Gasteiger partial charge >= 0.3 is 0 Å². The lowest BCUT2D eigenvalue weighted by molar-refractivity contribution is 0.240. The van der Waals surface area contributed by atoms with Gasteiger partial charge in [0.2, 0.25) is 5.89 Å². The standard InChI is InChI=1S/C17H15F2N3OS/c1-21(10-12-6-8-13(18)9-7-12)11-22-17(24)23-16(20-22)14-4-2-3-5-15(14)19/h2-9H,10-11H2,1H3. The Hall–Kier alpha value is -2.38. The average Bonchev–Trinajstić information content (AvgIpc) is 2.90. The summed E-state index contributed by atoms with van der Waals surface area (Å²) in [7, 11) is 1.88. The molecule has 0 unspecified atom stereocenters. The second-order valence-corrected chi connectivity index (χ2v) is 5.78. The highest BCUT2D eigenvalue weighted by molar-refractivity contribution is 7.71. The van der Waals surface area contributed by atoms with Crippen LogP contribution in [0.4, 0.5) is 8.78 Å². The third-order valence-corrected chi connectivity index (χ3v) is 3.75. The third-order valence-electron chi connectivity index (χ3n) is 3.45. The van der Waals surface area contributed by atoms with Gasteiger partial charge in [-0.15, -0.1) is 5.10 Å². The highest BCUT2D eigenvalue weighted by atomic mass is 32.1. The largest absolute Gasteiger partial charge is 0.409 e. The lowest BCUT2D eigenvalue weighted by atomic mass is 10.2.